The number of hydrogen-bond donors (Lipinski definition) is 1. The van der Waals surface area contributed by atoms with Gasteiger partial charge in [-0.15, -0.1) is 11.6 Å². The summed E-state index contributed by atoms with van der Waals surface area (Å²) < 4.78 is 0. The van der Waals surface area contributed by atoms with Crippen molar-refractivity contribution in [3.8, 4) is 6.07 Å². The average molecular weight is 242 g/mol. The first-order valence-corrected chi connectivity index (χ1v) is 6.39. The lowest BCUT2D eigenvalue weighted by atomic mass is 9.68. The van der Waals surface area contributed by atoms with Crippen LogP contribution in [0.2, 0.25) is 0 Å². The second-order valence-electron chi connectivity index (χ2n) is 5.01. The SMILES string of the molecule is C=C(CCl)CC[C@@H]1[C@@H](C#N)CCC[C@]1(C)O. The third kappa shape index (κ3) is 3.23. The third-order valence-electron chi connectivity index (χ3n) is 3.65. The molecule has 0 aromatic heterocycles. The van der Waals surface area contributed by atoms with Crippen molar-refractivity contribution in [1.29, 1.82) is 5.26 Å². The Labute approximate surface area is 103 Å². The van der Waals surface area contributed by atoms with Gasteiger partial charge in [-0.3, -0.25) is 0 Å². The van der Waals surface area contributed by atoms with Gasteiger partial charge in [0.2, 0.25) is 0 Å². The van der Waals surface area contributed by atoms with E-state index in [4.69, 9.17) is 16.9 Å². The van der Waals surface area contributed by atoms with Gasteiger partial charge in [-0.25, -0.2) is 0 Å². The van der Waals surface area contributed by atoms with E-state index < -0.39 is 5.60 Å². The molecule has 90 valence electrons. The summed E-state index contributed by atoms with van der Waals surface area (Å²) in [5.74, 6) is 0.504. The van der Waals surface area contributed by atoms with Crippen LogP contribution in [-0.4, -0.2) is 16.6 Å². The predicted octanol–water partition coefficient (Wildman–Crippen LogP) is 3.25. The number of nitriles is 1. The van der Waals surface area contributed by atoms with Gasteiger partial charge < -0.3 is 5.11 Å². The fourth-order valence-corrected chi connectivity index (χ4v) is 2.73. The minimum Gasteiger partial charge on any atom is -0.390 e. The molecular weight excluding hydrogens is 222 g/mol. The number of hydrogen-bond acceptors (Lipinski definition) is 2. The highest BCUT2D eigenvalue weighted by atomic mass is 35.5. The summed E-state index contributed by atoms with van der Waals surface area (Å²) in [7, 11) is 0. The van der Waals surface area contributed by atoms with Crippen molar-refractivity contribution in [2.75, 3.05) is 5.88 Å². The zero-order valence-corrected chi connectivity index (χ0v) is 10.6. The van der Waals surface area contributed by atoms with Crippen molar-refractivity contribution in [3.63, 3.8) is 0 Å². The molecule has 0 heterocycles. The molecule has 1 N–H and O–H groups in total. The van der Waals surface area contributed by atoms with Crippen LogP contribution >= 0.6 is 11.6 Å². The summed E-state index contributed by atoms with van der Waals surface area (Å²) >= 11 is 5.68. The Balaban J connectivity index is 2.64. The molecule has 0 aromatic rings. The highest BCUT2D eigenvalue weighted by Gasteiger charge is 2.40. The van der Waals surface area contributed by atoms with Crippen LogP contribution in [0.5, 0.6) is 0 Å². The molecule has 2 nitrogen and oxygen atoms in total. The van der Waals surface area contributed by atoms with Gasteiger partial charge in [-0.05, 0) is 39.0 Å². The summed E-state index contributed by atoms with van der Waals surface area (Å²) in [6, 6.07) is 2.33. The summed E-state index contributed by atoms with van der Waals surface area (Å²) in [4.78, 5) is 0. The fraction of sp³-hybridized carbons (Fsp3) is 0.769. The monoisotopic (exact) mass is 241 g/mol. The van der Waals surface area contributed by atoms with Gasteiger partial charge in [-0.1, -0.05) is 12.2 Å². The first-order chi connectivity index (χ1) is 7.51. The molecule has 0 saturated heterocycles. The van der Waals surface area contributed by atoms with Crippen molar-refractivity contribution in [1.82, 2.24) is 0 Å². The van der Waals surface area contributed by atoms with E-state index >= 15 is 0 Å². The molecule has 0 amide bonds. The Morgan fingerprint density at radius 3 is 2.94 bits per heavy atom. The van der Waals surface area contributed by atoms with Crippen molar-refractivity contribution >= 4 is 11.6 Å². The second-order valence-corrected chi connectivity index (χ2v) is 5.28. The molecule has 3 atom stereocenters. The molecule has 1 saturated carbocycles. The van der Waals surface area contributed by atoms with E-state index in [1.54, 1.807) is 0 Å². The van der Waals surface area contributed by atoms with Gasteiger partial charge in [-0.2, -0.15) is 5.26 Å². The number of rotatable bonds is 4. The number of alkyl halides is 1. The smallest absolute Gasteiger partial charge is 0.0660 e. The van der Waals surface area contributed by atoms with Gasteiger partial charge in [0, 0.05) is 11.8 Å². The van der Waals surface area contributed by atoms with Crippen LogP contribution in [-0.2, 0) is 0 Å². The molecule has 3 heteroatoms. The Hall–Kier alpha value is -0.520. The molecule has 0 spiro atoms. The molecule has 1 aliphatic rings. The normalized spacial score (nSPS) is 34.4. The van der Waals surface area contributed by atoms with Gasteiger partial charge >= 0.3 is 0 Å². The van der Waals surface area contributed by atoms with E-state index in [0.717, 1.165) is 37.7 Å². The molecule has 0 bridgehead atoms. The van der Waals surface area contributed by atoms with E-state index in [1.807, 2.05) is 6.92 Å². The van der Waals surface area contributed by atoms with Crippen LogP contribution in [0, 0.1) is 23.2 Å². The molecule has 0 unspecified atom stereocenters. The number of nitrogens with zero attached hydrogens (tertiary/aromatic N) is 1. The van der Waals surface area contributed by atoms with Crippen molar-refractivity contribution in [2.45, 2.75) is 44.6 Å². The summed E-state index contributed by atoms with van der Waals surface area (Å²) in [6.45, 7) is 5.71. The first kappa shape index (κ1) is 13.5. The summed E-state index contributed by atoms with van der Waals surface area (Å²) in [5, 5.41) is 19.4. The molecule has 1 rings (SSSR count). The molecule has 0 aliphatic heterocycles. The van der Waals surface area contributed by atoms with Crippen LogP contribution in [0.3, 0.4) is 0 Å². The maximum absolute atomic E-state index is 10.3. The van der Waals surface area contributed by atoms with Gasteiger partial charge in [0.05, 0.1) is 17.6 Å². The fourth-order valence-electron chi connectivity index (χ4n) is 2.59. The number of aliphatic hydroxyl groups is 1. The number of allylic oxidation sites excluding steroid dienone is 1. The topological polar surface area (TPSA) is 44.0 Å². The Morgan fingerprint density at radius 1 is 1.69 bits per heavy atom. The maximum atomic E-state index is 10.3. The zero-order valence-electron chi connectivity index (χ0n) is 9.88. The van der Waals surface area contributed by atoms with Crippen LogP contribution < -0.4 is 0 Å². The van der Waals surface area contributed by atoms with E-state index in [2.05, 4.69) is 12.6 Å². The lowest BCUT2D eigenvalue weighted by Crippen LogP contribution is -2.42. The Morgan fingerprint density at radius 2 is 2.38 bits per heavy atom. The molecule has 0 radical (unpaired) electrons. The predicted molar refractivity (Wildman–Crippen MR) is 66.2 cm³/mol. The van der Waals surface area contributed by atoms with E-state index in [-0.39, 0.29) is 11.8 Å². The van der Waals surface area contributed by atoms with Crippen molar-refractivity contribution in [3.05, 3.63) is 12.2 Å². The number of halogens is 1. The average Bonchev–Trinajstić information content (AvgIpc) is 2.25. The molecule has 1 fully saturated rings. The Kier molecular flexibility index (Phi) is 4.83. The Bertz CT molecular complexity index is 293. The highest BCUT2D eigenvalue weighted by Crippen LogP contribution is 2.40. The highest BCUT2D eigenvalue weighted by molar-refractivity contribution is 6.19. The molecule has 1 aliphatic carbocycles. The van der Waals surface area contributed by atoms with Gasteiger partial charge in [0.25, 0.3) is 0 Å². The summed E-state index contributed by atoms with van der Waals surface area (Å²) in [6.07, 6.45) is 4.27. The molecule has 16 heavy (non-hydrogen) atoms. The van der Waals surface area contributed by atoms with Gasteiger partial charge in [0.15, 0.2) is 0 Å². The molecular formula is C13H20ClNO. The molecule has 0 aromatic carbocycles. The van der Waals surface area contributed by atoms with Crippen LogP contribution in [0.1, 0.15) is 39.0 Å². The van der Waals surface area contributed by atoms with E-state index in [1.165, 1.54) is 0 Å². The maximum Gasteiger partial charge on any atom is 0.0660 e. The lowest BCUT2D eigenvalue weighted by molar-refractivity contribution is -0.0505. The van der Waals surface area contributed by atoms with Crippen molar-refractivity contribution in [2.24, 2.45) is 11.8 Å². The largest absolute Gasteiger partial charge is 0.390 e. The second kappa shape index (κ2) is 5.70. The standard InChI is InChI=1S/C13H20ClNO/c1-10(8-14)5-6-12-11(9-15)4-3-7-13(12,2)16/h11-12,16H,1,3-8H2,2H3/t11-,12-,13+/m1/s1. The minimum atomic E-state index is -0.703. The van der Waals surface area contributed by atoms with E-state index in [9.17, 15) is 5.11 Å². The van der Waals surface area contributed by atoms with Crippen LogP contribution in [0.15, 0.2) is 12.2 Å². The quantitative estimate of drug-likeness (QED) is 0.607. The third-order valence-corrected chi connectivity index (χ3v) is 4.02. The van der Waals surface area contributed by atoms with Crippen LogP contribution in [0.4, 0.5) is 0 Å². The van der Waals surface area contributed by atoms with E-state index in [0.29, 0.717) is 5.88 Å². The van der Waals surface area contributed by atoms with Crippen molar-refractivity contribution < 1.29 is 5.11 Å². The van der Waals surface area contributed by atoms with Gasteiger partial charge in [0.1, 0.15) is 0 Å². The lowest BCUT2D eigenvalue weighted by Gasteiger charge is -2.40. The minimum absolute atomic E-state index is 0.0214. The summed E-state index contributed by atoms with van der Waals surface area (Å²) in [5.41, 5.74) is 0.283. The first-order valence-electron chi connectivity index (χ1n) is 5.86. The van der Waals surface area contributed by atoms with Crippen LogP contribution in [0.25, 0.3) is 0 Å². The zero-order chi connectivity index (χ0) is 12.2.